The van der Waals surface area contributed by atoms with E-state index in [1.54, 1.807) is 12.1 Å². The van der Waals surface area contributed by atoms with E-state index in [4.69, 9.17) is 0 Å². The van der Waals surface area contributed by atoms with Gasteiger partial charge in [0.15, 0.2) is 5.78 Å². The molecule has 6 heteroatoms. The Bertz CT molecular complexity index is 663. The Morgan fingerprint density at radius 2 is 1.65 bits per heavy atom. The third-order valence-electron chi connectivity index (χ3n) is 2.67. The molecular weight excluding hydrogens is 401 g/mol. The van der Waals surface area contributed by atoms with E-state index in [9.17, 15) is 18.0 Å². The van der Waals surface area contributed by atoms with Crippen LogP contribution in [-0.4, -0.2) is 5.78 Å². The highest BCUT2D eigenvalue weighted by atomic mass is 79.9. The lowest BCUT2D eigenvalue weighted by Crippen LogP contribution is -2.09. The molecule has 0 fully saturated rings. The SMILES string of the molecule is O=C(c1ccc(CBr)cc1Br)c1c(F)cc(F)cc1F. The molecule has 2 aromatic rings. The Hall–Kier alpha value is -1.14. The molecule has 104 valence electrons. The molecule has 0 aliphatic rings. The summed E-state index contributed by atoms with van der Waals surface area (Å²) in [5, 5.41) is 0.583. The number of carbonyl (C=O) groups is 1. The van der Waals surface area contributed by atoms with Gasteiger partial charge in [0.1, 0.15) is 17.5 Å². The van der Waals surface area contributed by atoms with Crippen molar-refractivity contribution in [3.63, 3.8) is 0 Å². The van der Waals surface area contributed by atoms with Crippen LogP contribution in [0.3, 0.4) is 0 Å². The van der Waals surface area contributed by atoms with Crippen molar-refractivity contribution in [1.29, 1.82) is 0 Å². The number of hydrogen-bond acceptors (Lipinski definition) is 1. The predicted octanol–water partition coefficient (Wildman–Crippen LogP) is 4.99. The van der Waals surface area contributed by atoms with Crippen molar-refractivity contribution in [2.45, 2.75) is 5.33 Å². The van der Waals surface area contributed by atoms with Crippen molar-refractivity contribution < 1.29 is 18.0 Å². The molecule has 0 spiro atoms. The Morgan fingerprint density at radius 3 is 2.15 bits per heavy atom. The predicted molar refractivity (Wildman–Crippen MR) is 76.5 cm³/mol. The molecule has 0 N–H and O–H groups in total. The average molecular weight is 408 g/mol. The molecule has 0 heterocycles. The lowest BCUT2D eigenvalue weighted by atomic mass is 10.0. The molecule has 0 saturated carbocycles. The van der Waals surface area contributed by atoms with E-state index in [0.717, 1.165) is 5.56 Å². The van der Waals surface area contributed by atoms with Crippen LogP contribution in [0.4, 0.5) is 13.2 Å². The van der Waals surface area contributed by atoms with Crippen LogP contribution in [0.1, 0.15) is 21.5 Å². The molecule has 0 bridgehead atoms. The van der Waals surface area contributed by atoms with Gasteiger partial charge in [-0.05, 0) is 17.7 Å². The van der Waals surface area contributed by atoms with Crippen LogP contribution in [0, 0.1) is 17.5 Å². The van der Waals surface area contributed by atoms with Gasteiger partial charge in [0.05, 0.1) is 5.56 Å². The van der Waals surface area contributed by atoms with Crippen LogP contribution < -0.4 is 0 Å². The molecule has 0 aliphatic heterocycles. The highest BCUT2D eigenvalue weighted by Gasteiger charge is 2.22. The lowest BCUT2D eigenvalue weighted by Gasteiger charge is -2.07. The van der Waals surface area contributed by atoms with Gasteiger partial charge in [0.25, 0.3) is 0 Å². The highest BCUT2D eigenvalue weighted by Crippen LogP contribution is 2.25. The van der Waals surface area contributed by atoms with Crippen molar-refractivity contribution in [3.05, 3.63) is 68.9 Å². The first kappa shape index (κ1) is 15.3. The molecule has 0 aromatic heterocycles. The zero-order valence-corrected chi connectivity index (χ0v) is 13.1. The van der Waals surface area contributed by atoms with Crippen LogP contribution in [0.25, 0.3) is 0 Å². The van der Waals surface area contributed by atoms with Crippen molar-refractivity contribution in [2.24, 2.45) is 0 Å². The minimum Gasteiger partial charge on any atom is -0.288 e. The molecule has 0 saturated heterocycles. The highest BCUT2D eigenvalue weighted by molar-refractivity contribution is 9.10. The van der Waals surface area contributed by atoms with Crippen LogP contribution in [0.2, 0.25) is 0 Å². The molecule has 2 rings (SSSR count). The summed E-state index contributed by atoms with van der Waals surface area (Å²) < 4.78 is 40.5. The second kappa shape index (κ2) is 6.10. The Kier molecular flexibility index (Phi) is 4.65. The van der Waals surface area contributed by atoms with E-state index in [-0.39, 0.29) is 5.56 Å². The largest absolute Gasteiger partial charge is 0.288 e. The summed E-state index contributed by atoms with van der Waals surface area (Å²) in [7, 11) is 0. The maximum atomic E-state index is 13.6. The third kappa shape index (κ3) is 2.96. The van der Waals surface area contributed by atoms with Gasteiger partial charge in [0, 0.05) is 27.5 Å². The van der Waals surface area contributed by atoms with Gasteiger partial charge in [-0.2, -0.15) is 0 Å². The van der Waals surface area contributed by atoms with Gasteiger partial charge in [0.2, 0.25) is 0 Å². The van der Waals surface area contributed by atoms with E-state index in [2.05, 4.69) is 31.9 Å². The summed E-state index contributed by atoms with van der Waals surface area (Å²) in [6, 6.07) is 5.76. The molecule has 0 radical (unpaired) electrons. The molecule has 2 aromatic carbocycles. The molecular formula is C14H7Br2F3O. The van der Waals surface area contributed by atoms with Crippen molar-refractivity contribution in [2.75, 3.05) is 0 Å². The number of hydrogen-bond donors (Lipinski definition) is 0. The lowest BCUT2D eigenvalue weighted by molar-refractivity contribution is 0.103. The fourth-order valence-electron chi connectivity index (χ4n) is 1.72. The van der Waals surface area contributed by atoms with Gasteiger partial charge in [-0.3, -0.25) is 4.79 Å². The summed E-state index contributed by atoms with van der Waals surface area (Å²) in [4.78, 5) is 12.2. The molecule has 0 amide bonds. The first-order valence-electron chi connectivity index (χ1n) is 5.47. The standard InChI is InChI=1S/C14H7Br2F3O/c15-6-7-1-2-9(10(16)3-7)14(20)13-11(18)4-8(17)5-12(13)19/h1-5H,6H2. The van der Waals surface area contributed by atoms with Crippen molar-refractivity contribution in [1.82, 2.24) is 0 Å². The van der Waals surface area contributed by atoms with Gasteiger partial charge < -0.3 is 0 Å². The van der Waals surface area contributed by atoms with E-state index in [1.807, 2.05) is 0 Å². The zero-order valence-electron chi connectivity index (χ0n) is 9.89. The summed E-state index contributed by atoms with van der Waals surface area (Å²) in [5.41, 5.74) is 0.242. The number of carbonyl (C=O) groups excluding carboxylic acids is 1. The summed E-state index contributed by atoms with van der Waals surface area (Å²) in [6.45, 7) is 0. The second-order valence-corrected chi connectivity index (χ2v) is 5.44. The summed E-state index contributed by atoms with van der Waals surface area (Å²) in [6.07, 6.45) is 0. The number of halogens is 5. The van der Waals surface area contributed by atoms with Gasteiger partial charge in [-0.25, -0.2) is 13.2 Å². The average Bonchev–Trinajstić information content (AvgIpc) is 2.37. The summed E-state index contributed by atoms with van der Waals surface area (Å²) >= 11 is 6.45. The summed E-state index contributed by atoms with van der Waals surface area (Å²) in [5.74, 6) is -4.34. The topological polar surface area (TPSA) is 17.1 Å². The molecule has 0 unspecified atom stereocenters. The Labute approximate surface area is 130 Å². The minimum absolute atomic E-state index is 0.110. The number of benzene rings is 2. The van der Waals surface area contributed by atoms with E-state index in [0.29, 0.717) is 21.9 Å². The first-order chi connectivity index (χ1) is 9.43. The van der Waals surface area contributed by atoms with Crippen LogP contribution >= 0.6 is 31.9 Å². The number of alkyl halides is 1. The first-order valence-corrected chi connectivity index (χ1v) is 7.39. The maximum absolute atomic E-state index is 13.6. The van der Waals surface area contributed by atoms with Crippen molar-refractivity contribution in [3.8, 4) is 0 Å². The third-order valence-corrected chi connectivity index (χ3v) is 3.97. The monoisotopic (exact) mass is 406 g/mol. The van der Waals surface area contributed by atoms with E-state index in [1.165, 1.54) is 6.07 Å². The van der Waals surface area contributed by atoms with E-state index >= 15 is 0 Å². The Morgan fingerprint density at radius 1 is 1.05 bits per heavy atom. The second-order valence-electron chi connectivity index (χ2n) is 4.02. The maximum Gasteiger partial charge on any atom is 0.200 e. The number of rotatable bonds is 3. The molecule has 1 nitrogen and oxygen atoms in total. The molecule has 0 aliphatic carbocycles. The van der Waals surface area contributed by atoms with Crippen LogP contribution in [0.15, 0.2) is 34.8 Å². The zero-order chi connectivity index (χ0) is 14.9. The number of ketones is 1. The van der Waals surface area contributed by atoms with Gasteiger partial charge in [-0.1, -0.05) is 37.9 Å². The van der Waals surface area contributed by atoms with Gasteiger partial charge >= 0.3 is 0 Å². The normalized spacial score (nSPS) is 10.7. The quantitative estimate of drug-likeness (QED) is 0.517. The smallest absolute Gasteiger partial charge is 0.200 e. The molecule has 0 atom stereocenters. The van der Waals surface area contributed by atoms with E-state index < -0.39 is 28.8 Å². The van der Waals surface area contributed by atoms with Crippen LogP contribution in [-0.2, 0) is 5.33 Å². The van der Waals surface area contributed by atoms with Crippen molar-refractivity contribution >= 4 is 37.6 Å². The van der Waals surface area contributed by atoms with Crippen LogP contribution in [0.5, 0.6) is 0 Å². The van der Waals surface area contributed by atoms with Gasteiger partial charge in [-0.15, -0.1) is 0 Å². The Balaban J connectivity index is 2.52. The minimum atomic E-state index is -1.22. The fraction of sp³-hybridized carbons (Fsp3) is 0.0714. The fourth-order valence-corrected chi connectivity index (χ4v) is 2.67. The molecule has 20 heavy (non-hydrogen) atoms.